The summed E-state index contributed by atoms with van der Waals surface area (Å²) in [7, 11) is 0. The zero-order valence-corrected chi connectivity index (χ0v) is 15.9. The molecule has 148 valence electrons. The summed E-state index contributed by atoms with van der Waals surface area (Å²) in [4.78, 5) is 6.91. The summed E-state index contributed by atoms with van der Waals surface area (Å²) in [5.74, 6) is 1.27. The largest absolute Gasteiger partial charge is 0.573 e. The van der Waals surface area contributed by atoms with Crippen molar-refractivity contribution in [3.05, 3.63) is 48.1 Å². The third-order valence-corrected chi connectivity index (χ3v) is 4.74. The highest BCUT2D eigenvalue weighted by Gasteiger charge is 2.38. The molecule has 4 nitrogen and oxygen atoms in total. The molecular formula is C21H22F3N3O. The fourth-order valence-electron chi connectivity index (χ4n) is 3.74. The van der Waals surface area contributed by atoms with Crippen LogP contribution in [0.5, 0.6) is 5.75 Å². The fourth-order valence-corrected chi connectivity index (χ4v) is 3.74. The lowest BCUT2D eigenvalue weighted by molar-refractivity contribution is -0.274. The number of amidine groups is 1. The molecule has 0 spiro atoms. The minimum Gasteiger partial charge on any atom is -0.406 e. The van der Waals surface area contributed by atoms with Crippen LogP contribution in [0.1, 0.15) is 27.2 Å². The van der Waals surface area contributed by atoms with Gasteiger partial charge in [0.15, 0.2) is 0 Å². The third kappa shape index (κ3) is 4.38. The third-order valence-electron chi connectivity index (χ3n) is 4.74. The number of alkyl halides is 3. The van der Waals surface area contributed by atoms with E-state index in [1.54, 1.807) is 18.2 Å². The van der Waals surface area contributed by atoms with E-state index in [1.807, 2.05) is 12.2 Å². The molecule has 0 aromatic heterocycles. The highest BCUT2D eigenvalue weighted by molar-refractivity contribution is 6.02. The van der Waals surface area contributed by atoms with Gasteiger partial charge in [0.05, 0.1) is 18.2 Å². The molecule has 0 amide bonds. The Bertz CT molecular complexity index is 847. The molecule has 0 fully saturated rings. The molecule has 3 unspecified atom stereocenters. The van der Waals surface area contributed by atoms with E-state index in [0.717, 1.165) is 17.9 Å². The maximum absolute atomic E-state index is 12.4. The predicted octanol–water partition coefficient (Wildman–Crippen LogP) is 5.24. The summed E-state index contributed by atoms with van der Waals surface area (Å²) < 4.78 is 41.3. The van der Waals surface area contributed by atoms with E-state index in [-0.39, 0.29) is 23.8 Å². The smallest absolute Gasteiger partial charge is 0.406 e. The van der Waals surface area contributed by atoms with E-state index in [2.05, 4.69) is 36.5 Å². The normalized spacial score (nSPS) is 22.4. The fraction of sp³-hybridized carbons (Fsp3) is 0.429. The number of fused-ring (bicyclic) bond motifs is 1. The zero-order valence-electron chi connectivity index (χ0n) is 15.9. The molecule has 0 bridgehead atoms. The van der Waals surface area contributed by atoms with Gasteiger partial charge in [-0.15, -0.1) is 13.2 Å². The van der Waals surface area contributed by atoms with Crippen molar-refractivity contribution >= 4 is 11.5 Å². The Morgan fingerprint density at radius 3 is 2.46 bits per heavy atom. The Morgan fingerprint density at radius 1 is 1.21 bits per heavy atom. The van der Waals surface area contributed by atoms with Gasteiger partial charge >= 0.3 is 6.36 Å². The molecule has 0 N–H and O–H groups in total. The molecule has 1 aliphatic carbocycles. The Morgan fingerprint density at radius 2 is 1.89 bits per heavy atom. The Labute approximate surface area is 162 Å². The summed E-state index contributed by atoms with van der Waals surface area (Å²) in [6.07, 6.45) is 1.75. The molecule has 0 saturated carbocycles. The number of benzene rings is 1. The maximum atomic E-state index is 12.4. The first-order valence-corrected chi connectivity index (χ1v) is 9.21. The zero-order chi connectivity index (χ0) is 20.5. The molecular weight excluding hydrogens is 367 g/mol. The number of ether oxygens (including phenoxy) is 1. The van der Waals surface area contributed by atoms with Gasteiger partial charge in [-0.05, 0) is 48.8 Å². The minimum absolute atomic E-state index is 0.101. The molecule has 3 atom stereocenters. The SMILES string of the molecule is CC(C)CC(C)C1=NC2C=C(C#N)C=CC2N1c1ccc(OC(F)(F)F)cc1. The lowest BCUT2D eigenvalue weighted by atomic mass is 9.95. The van der Waals surface area contributed by atoms with Gasteiger partial charge in [0.25, 0.3) is 0 Å². The van der Waals surface area contributed by atoms with Crippen LogP contribution in [-0.2, 0) is 0 Å². The molecule has 1 aromatic rings. The summed E-state index contributed by atoms with van der Waals surface area (Å²) >= 11 is 0. The van der Waals surface area contributed by atoms with Gasteiger partial charge in [-0.1, -0.05) is 26.8 Å². The number of halogens is 3. The number of hydrogen-bond donors (Lipinski definition) is 0. The van der Waals surface area contributed by atoms with Crippen LogP contribution in [-0.4, -0.2) is 24.3 Å². The van der Waals surface area contributed by atoms with Gasteiger partial charge in [0.2, 0.25) is 0 Å². The quantitative estimate of drug-likeness (QED) is 0.692. The lowest BCUT2D eigenvalue weighted by Gasteiger charge is -2.31. The van der Waals surface area contributed by atoms with E-state index < -0.39 is 6.36 Å². The number of nitrogens with zero attached hydrogens (tertiary/aromatic N) is 3. The van der Waals surface area contributed by atoms with Gasteiger partial charge < -0.3 is 9.64 Å². The summed E-state index contributed by atoms with van der Waals surface area (Å²) in [6.45, 7) is 6.38. The summed E-state index contributed by atoms with van der Waals surface area (Å²) in [5.41, 5.74) is 1.31. The van der Waals surface area contributed by atoms with Crippen LogP contribution in [0.2, 0.25) is 0 Å². The molecule has 3 rings (SSSR count). The monoisotopic (exact) mass is 389 g/mol. The Kier molecular flexibility index (Phi) is 5.50. The van der Waals surface area contributed by atoms with Gasteiger partial charge in [-0.3, -0.25) is 4.99 Å². The van der Waals surface area contributed by atoms with E-state index in [9.17, 15) is 18.4 Å². The van der Waals surface area contributed by atoms with Crippen LogP contribution in [0.4, 0.5) is 18.9 Å². The first kappa shape index (κ1) is 20.0. The van der Waals surface area contributed by atoms with E-state index in [1.165, 1.54) is 12.1 Å². The molecule has 1 aromatic carbocycles. The Balaban J connectivity index is 1.92. The van der Waals surface area contributed by atoms with Crippen LogP contribution < -0.4 is 9.64 Å². The van der Waals surface area contributed by atoms with Crippen molar-refractivity contribution in [2.75, 3.05) is 4.90 Å². The molecule has 7 heteroatoms. The molecule has 0 saturated heterocycles. The second-order valence-electron chi connectivity index (χ2n) is 7.50. The highest BCUT2D eigenvalue weighted by atomic mass is 19.4. The van der Waals surface area contributed by atoms with Gasteiger partial charge in [-0.2, -0.15) is 5.26 Å². The van der Waals surface area contributed by atoms with Crippen LogP contribution in [0.3, 0.4) is 0 Å². The van der Waals surface area contributed by atoms with Crippen LogP contribution in [0.15, 0.2) is 53.1 Å². The van der Waals surface area contributed by atoms with E-state index in [0.29, 0.717) is 11.5 Å². The van der Waals surface area contributed by atoms with Gasteiger partial charge in [0, 0.05) is 17.2 Å². The van der Waals surface area contributed by atoms with Crippen molar-refractivity contribution in [3.8, 4) is 11.8 Å². The van der Waals surface area contributed by atoms with Crippen LogP contribution in [0.25, 0.3) is 0 Å². The van der Waals surface area contributed by atoms with E-state index >= 15 is 0 Å². The average molecular weight is 389 g/mol. The van der Waals surface area contributed by atoms with E-state index in [4.69, 9.17) is 4.99 Å². The first-order valence-electron chi connectivity index (χ1n) is 9.21. The number of nitriles is 1. The van der Waals surface area contributed by atoms with Crippen molar-refractivity contribution in [2.45, 2.75) is 45.6 Å². The van der Waals surface area contributed by atoms with Crippen molar-refractivity contribution in [1.82, 2.24) is 0 Å². The molecule has 1 aliphatic heterocycles. The van der Waals surface area contributed by atoms with Crippen molar-refractivity contribution in [1.29, 1.82) is 5.26 Å². The number of aliphatic imine (C=N–C) groups is 1. The van der Waals surface area contributed by atoms with Crippen molar-refractivity contribution < 1.29 is 17.9 Å². The average Bonchev–Trinajstić information content (AvgIpc) is 2.99. The molecule has 0 radical (unpaired) electrons. The number of allylic oxidation sites excluding steroid dienone is 2. The number of hydrogen-bond acceptors (Lipinski definition) is 4. The lowest BCUT2D eigenvalue weighted by Crippen LogP contribution is -2.41. The number of anilines is 1. The van der Waals surface area contributed by atoms with Crippen molar-refractivity contribution in [3.63, 3.8) is 0 Å². The summed E-state index contributed by atoms with van der Waals surface area (Å²) in [6, 6.07) is 7.69. The molecule has 28 heavy (non-hydrogen) atoms. The van der Waals surface area contributed by atoms with Crippen molar-refractivity contribution in [2.24, 2.45) is 16.8 Å². The minimum atomic E-state index is -4.72. The highest BCUT2D eigenvalue weighted by Crippen LogP contribution is 2.35. The van der Waals surface area contributed by atoms with Gasteiger partial charge in [-0.25, -0.2) is 0 Å². The molecule has 1 heterocycles. The topological polar surface area (TPSA) is 48.6 Å². The molecule has 2 aliphatic rings. The first-order chi connectivity index (χ1) is 13.2. The number of rotatable bonds is 5. The second kappa shape index (κ2) is 7.70. The maximum Gasteiger partial charge on any atom is 0.573 e. The van der Waals surface area contributed by atoms with Crippen LogP contribution >= 0.6 is 0 Å². The predicted molar refractivity (Wildman–Crippen MR) is 102 cm³/mol. The van der Waals surface area contributed by atoms with Gasteiger partial charge in [0.1, 0.15) is 11.6 Å². The Hall–Kier alpha value is -2.75. The summed E-state index contributed by atoms with van der Waals surface area (Å²) in [5, 5.41) is 9.17. The standard InChI is InChI=1S/C21H22F3N3O/c1-13(2)10-14(3)20-26-18-11-15(12-25)4-9-19(18)27(20)16-5-7-17(8-6-16)28-21(22,23)24/h4-9,11,13-14,18-19H,10H2,1-3H3. The van der Waals surface area contributed by atoms with Crippen LogP contribution in [0, 0.1) is 23.2 Å². The second-order valence-corrected chi connectivity index (χ2v) is 7.50.